The van der Waals surface area contributed by atoms with Gasteiger partial charge in [0.1, 0.15) is 11.9 Å². The lowest BCUT2D eigenvalue weighted by Gasteiger charge is -2.43. The molecule has 1 saturated heterocycles. The van der Waals surface area contributed by atoms with Gasteiger partial charge in [-0.3, -0.25) is 0 Å². The molecule has 0 amide bonds. The van der Waals surface area contributed by atoms with E-state index in [2.05, 4.69) is 0 Å². The molecule has 0 radical (unpaired) electrons. The Labute approximate surface area is 129 Å². The lowest BCUT2D eigenvalue weighted by Crippen LogP contribution is -2.45. The zero-order valence-electron chi connectivity index (χ0n) is 12.4. The molecule has 1 aromatic heterocycles. The Bertz CT molecular complexity index is 511. The smallest absolute Gasteiger partial charge is 0.349 e. The maximum Gasteiger partial charge on any atom is 0.349 e. The summed E-state index contributed by atoms with van der Waals surface area (Å²) in [6.45, 7) is 2.63. The van der Waals surface area contributed by atoms with Crippen LogP contribution in [0.5, 0.6) is 5.75 Å². The largest absolute Gasteiger partial charge is 0.488 e. The molecule has 1 spiro atoms. The van der Waals surface area contributed by atoms with Crippen molar-refractivity contribution in [2.45, 2.75) is 63.6 Å². The van der Waals surface area contributed by atoms with Crippen LogP contribution in [-0.4, -0.2) is 29.4 Å². The Morgan fingerprint density at radius 1 is 1.43 bits per heavy atom. The highest BCUT2D eigenvalue weighted by atomic mass is 32.1. The van der Waals surface area contributed by atoms with Gasteiger partial charge in [-0.05, 0) is 25.8 Å². The van der Waals surface area contributed by atoms with Crippen molar-refractivity contribution in [2.24, 2.45) is 0 Å². The van der Waals surface area contributed by atoms with E-state index < -0.39 is 5.97 Å². The van der Waals surface area contributed by atoms with Gasteiger partial charge >= 0.3 is 5.97 Å². The van der Waals surface area contributed by atoms with Crippen molar-refractivity contribution in [1.82, 2.24) is 0 Å². The third kappa shape index (κ3) is 3.24. The molecular formula is C16H22O4S. The van der Waals surface area contributed by atoms with Crippen molar-refractivity contribution in [2.75, 3.05) is 6.61 Å². The van der Waals surface area contributed by atoms with Gasteiger partial charge in [-0.1, -0.05) is 19.3 Å². The van der Waals surface area contributed by atoms with Crippen molar-refractivity contribution in [1.29, 1.82) is 0 Å². The molecule has 116 valence electrons. The molecular weight excluding hydrogens is 288 g/mol. The summed E-state index contributed by atoms with van der Waals surface area (Å²) in [5.74, 6) is -0.370. The third-order valence-corrected chi connectivity index (χ3v) is 5.54. The first kappa shape index (κ1) is 14.9. The number of carboxylic acid groups (broad SMARTS) is 1. The van der Waals surface area contributed by atoms with Gasteiger partial charge in [0.25, 0.3) is 0 Å². The molecule has 1 aliphatic carbocycles. The van der Waals surface area contributed by atoms with E-state index in [1.54, 1.807) is 0 Å². The predicted octanol–water partition coefficient (Wildman–Crippen LogP) is 4.02. The first-order valence-electron chi connectivity index (χ1n) is 7.72. The van der Waals surface area contributed by atoms with Crippen molar-refractivity contribution in [3.63, 3.8) is 0 Å². The van der Waals surface area contributed by atoms with Crippen LogP contribution in [-0.2, 0) is 4.74 Å². The lowest BCUT2D eigenvalue weighted by molar-refractivity contribution is -0.129. The second kappa shape index (κ2) is 5.97. The van der Waals surface area contributed by atoms with Gasteiger partial charge in [0.05, 0.1) is 12.2 Å². The van der Waals surface area contributed by atoms with Crippen molar-refractivity contribution in [3.8, 4) is 5.75 Å². The van der Waals surface area contributed by atoms with E-state index in [-0.39, 0.29) is 11.7 Å². The maximum absolute atomic E-state index is 11.3. The summed E-state index contributed by atoms with van der Waals surface area (Å²) in [7, 11) is 0. The number of carbonyl (C=O) groups is 1. The number of aromatic carboxylic acids is 1. The molecule has 1 aliphatic heterocycles. The number of carboxylic acids is 1. The van der Waals surface area contributed by atoms with Crippen molar-refractivity contribution < 1.29 is 19.4 Å². The molecule has 4 nitrogen and oxygen atoms in total. The number of rotatable bonds is 3. The number of hydrogen-bond acceptors (Lipinski definition) is 4. The normalized spacial score (nSPS) is 24.9. The Kier molecular flexibility index (Phi) is 4.22. The Morgan fingerprint density at radius 3 is 2.90 bits per heavy atom. The molecule has 3 rings (SSSR count). The average Bonchev–Trinajstić information content (AvgIpc) is 2.81. The van der Waals surface area contributed by atoms with Crippen molar-refractivity contribution >= 4 is 17.3 Å². The summed E-state index contributed by atoms with van der Waals surface area (Å²) in [4.78, 5) is 12.6. The van der Waals surface area contributed by atoms with E-state index in [4.69, 9.17) is 9.47 Å². The molecule has 1 atom stereocenters. The Balaban J connectivity index is 1.71. The van der Waals surface area contributed by atoms with E-state index in [1.165, 1.54) is 30.6 Å². The number of thiophene rings is 1. The summed E-state index contributed by atoms with van der Waals surface area (Å²) >= 11 is 1.28. The highest BCUT2D eigenvalue weighted by molar-refractivity contribution is 7.14. The number of ether oxygens (including phenoxy) is 2. The molecule has 2 fully saturated rings. The van der Waals surface area contributed by atoms with E-state index in [0.29, 0.717) is 10.6 Å². The van der Waals surface area contributed by atoms with Crippen LogP contribution in [0.1, 0.15) is 59.5 Å². The van der Waals surface area contributed by atoms with E-state index in [0.717, 1.165) is 37.2 Å². The highest BCUT2D eigenvalue weighted by Gasteiger charge is 2.39. The minimum Gasteiger partial charge on any atom is -0.488 e. The second-order valence-corrected chi connectivity index (χ2v) is 7.44. The van der Waals surface area contributed by atoms with Gasteiger partial charge in [0.15, 0.2) is 4.88 Å². The van der Waals surface area contributed by atoms with Crippen LogP contribution in [0, 0.1) is 6.92 Å². The molecule has 5 heteroatoms. The van der Waals surface area contributed by atoms with E-state index in [1.807, 2.05) is 13.0 Å². The first-order valence-corrected chi connectivity index (χ1v) is 8.54. The van der Waals surface area contributed by atoms with Gasteiger partial charge < -0.3 is 14.6 Å². The SMILES string of the molecule is Cc1cc(OC2CCOC3(CCCCC3)C2)c(C(=O)O)s1. The van der Waals surface area contributed by atoms with Gasteiger partial charge in [-0.25, -0.2) is 4.79 Å². The van der Waals surface area contributed by atoms with Crippen LogP contribution in [0.2, 0.25) is 0 Å². The first-order chi connectivity index (χ1) is 10.1. The molecule has 2 aliphatic rings. The van der Waals surface area contributed by atoms with Gasteiger partial charge in [0.2, 0.25) is 0 Å². The average molecular weight is 310 g/mol. The van der Waals surface area contributed by atoms with Gasteiger partial charge in [-0.2, -0.15) is 0 Å². The standard InChI is InChI=1S/C16H22O4S/c1-11-9-13(14(21-11)15(17)18)20-12-5-8-19-16(10-12)6-3-2-4-7-16/h9,12H,2-8,10H2,1H3,(H,17,18). The summed E-state index contributed by atoms with van der Waals surface area (Å²) in [6, 6.07) is 1.84. The van der Waals surface area contributed by atoms with Crippen LogP contribution in [0.15, 0.2) is 6.07 Å². The zero-order chi connectivity index (χ0) is 14.9. The molecule has 0 bridgehead atoms. The van der Waals surface area contributed by atoms with Crippen LogP contribution in [0.3, 0.4) is 0 Å². The van der Waals surface area contributed by atoms with E-state index >= 15 is 0 Å². The van der Waals surface area contributed by atoms with Crippen LogP contribution < -0.4 is 4.74 Å². The van der Waals surface area contributed by atoms with Crippen LogP contribution in [0.4, 0.5) is 0 Å². The molecule has 2 heterocycles. The minimum absolute atomic E-state index is 0.0182. The lowest BCUT2D eigenvalue weighted by atomic mass is 9.79. The quantitative estimate of drug-likeness (QED) is 0.916. The third-order valence-electron chi connectivity index (χ3n) is 4.52. The molecule has 1 unspecified atom stereocenters. The fourth-order valence-corrected chi connectivity index (χ4v) is 4.32. The van der Waals surface area contributed by atoms with Crippen LogP contribution >= 0.6 is 11.3 Å². The minimum atomic E-state index is -0.900. The zero-order valence-corrected chi connectivity index (χ0v) is 13.2. The number of aryl methyl sites for hydroxylation is 1. The highest BCUT2D eigenvalue weighted by Crippen LogP contribution is 2.40. The summed E-state index contributed by atoms with van der Waals surface area (Å²) in [6.07, 6.45) is 7.78. The van der Waals surface area contributed by atoms with Gasteiger partial charge in [0, 0.05) is 17.7 Å². The summed E-state index contributed by atoms with van der Waals surface area (Å²) < 4.78 is 12.1. The topological polar surface area (TPSA) is 55.8 Å². The fraction of sp³-hybridized carbons (Fsp3) is 0.688. The maximum atomic E-state index is 11.3. The Hall–Kier alpha value is -1.07. The summed E-state index contributed by atoms with van der Waals surface area (Å²) in [5.41, 5.74) is -0.0182. The predicted molar refractivity (Wildman–Crippen MR) is 81.4 cm³/mol. The van der Waals surface area contributed by atoms with E-state index in [9.17, 15) is 9.90 Å². The molecule has 1 saturated carbocycles. The molecule has 21 heavy (non-hydrogen) atoms. The molecule has 1 aromatic rings. The summed E-state index contributed by atoms with van der Waals surface area (Å²) in [5, 5.41) is 9.26. The van der Waals surface area contributed by atoms with Gasteiger partial charge in [-0.15, -0.1) is 11.3 Å². The monoisotopic (exact) mass is 310 g/mol. The molecule has 0 aromatic carbocycles. The van der Waals surface area contributed by atoms with Crippen molar-refractivity contribution in [3.05, 3.63) is 15.8 Å². The Morgan fingerprint density at radius 2 is 2.19 bits per heavy atom. The number of hydrogen-bond donors (Lipinski definition) is 1. The fourth-order valence-electron chi connectivity index (χ4n) is 3.54. The molecule has 1 N–H and O–H groups in total. The second-order valence-electron chi connectivity index (χ2n) is 6.18. The van der Waals surface area contributed by atoms with Crippen LogP contribution in [0.25, 0.3) is 0 Å².